The lowest BCUT2D eigenvalue weighted by Crippen LogP contribution is -2.03. The molecule has 0 aliphatic heterocycles. The second kappa shape index (κ2) is 4.18. The van der Waals surface area contributed by atoms with Gasteiger partial charge in [0.1, 0.15) is 0 Å². The fourth-order valence-corrected chi connectivity index (χ4v) is 1.59. The predicted molar refractivity (Wildman–Crippen MR) is 58.0 cm³/mol. The molecule has 0 unspecified atom stereocenters. The van der Waals surface area contributed by atoms with E-state index in [-0.39, 0.29) is 0 Å². The number of halogens is 3. The van der Waals surface area contributed by atoms with E-state index in [1.54, 1.807) is 25.1 Å². The Hall–Kier alpha value is -2.29. The molecule has 2 aromatic rings. The topological polar surface area (TPSA) is 41.6 Å². The van der Waals surface area contributed by atoms with Gasteiger partial charge < -0.3 is 0 Å². The van der Waals surface area contributed by atoms with Crippen molar-refractivity contribution >= 4 is 0 Å². The summed E-state index contributed by atoms with van der Waals surface area (Å²) in [6.07, 6.45) is -2.75. The predicted octanol–water partition coefficient (Wildman–Crippen LogP) is 3.07. The molecule has 3 nitrogen and oxygen atoms in total. The van der Waals surface area contributed by atoms with Gasteiger partial charge in [0.2, 0.25) is 0 Å². The standard InChI is InChI=1S/C12H8F3N3/c1-8-9(5-16)3-2-4-11(8)18-7-10(6-17-18)12(13,14)15/h2-4,6-7H,1H3. The largest absolute Gasteiger partial charge is 0.419 e. The molecule has 92 valence electrons. The van der Waals surface area contributed by atoms with E-state index < -0.39 is 11.7 Å². The Bertz CT molecular complexity index is 620. The molecule has 2 rings (SSSR count). The fraction of sp³-hybridized carbons (Fsp3) is 0.167. The summed E-state index contributed by atoms with van der Waals surface area (Å²) in [6, 6.07) is 6.80. The van der Waals surface area contributed by atoms with Crippen LogP contribution in [-0.4, -0.2) is 9.78 Å². The molecular weight excluding hydrogens is 243 g/mol. The van der Waals surface area contributed by atoms with Gasteiger partial charge in [-0.05, 0) is 24.6 Å². The first-order valence-corrected chi connectivity index (χ1v) is 5.05. The van der Waals surface area contributed by atoms with Crippen molar-refractivity contribution in [2.24, 2.45) is 0 Å². The maximum Gasteiger partial charge on any atom is 0.419 e. The van der Waals surface area contributed by atoms with Crippen molar-refractivity contribution in [3.8, 4) is 11.8 Å². The van der Waals surface area contributed by atoms with Gasteiger partial charge in [0.15, 0.2) is 0 Å². The Balaban J connectivity index is 2.51. The number of hydrogen-bond donors (Lipinski definition) is 0. The molecule has 0 saturated heterocycles. The monoisotopic (exact) mass is 251 g/mol. The van der Waals surface area contributed by atoms with Crippen molar-refractivity contribution in [3.63, 3.8) is 0 Å². The van der Waals surface area contributed by atoms with Gasteiger partial charge in [0.05, 0.1) is 29.1 Å². The number of nitrogens with zero attached hydrogens (tertiary/aromatic N) is 3. The van der Waals surface area contributed by atoms with Gasteiger partial charge in [0.25, 0.3) is 0 Å². The third-order valence-corrected chi connectivity index (χ3v) is 2.58. The second-order valence-corrected chi connectivity index (χ2v) is 3.73. The molecule has 6 heteroatoms. The molecule has 18 heavy (non-hydrogen) atoms. The first-order chi connectivity index (χ1) is 8.43. The van der Waals surface area contributed by atoms with Crippen LogP contribution in [0, 0.1) is 18.3 Å². The number of alkyl halides is 3. The molecule has 1 aromatic heterocycles. The maximum absolute atomic E-state index is 12.5. The normalized spacial score (nSPS) is 11.3. The fourth-order valence-electron chi connectivity index (χ4n) is 1.59. The first-order valence-electron chi connectivity index (χ1n) is 5.05. The molecule has 0 aliphatic carbocycles. The van der Waals surface area contributed by atoms with E-state index in [0.29, 0.717) is 16.8 Å². The average Bonchev–Trinajstić information content (AvgIpc) is 2.78. The number of aromatic nitrogens is 2. The molecule has 0 fully saturated rings. The lowest BCUT2D eigenvalue weighted by atomic mass is 10.1. The summed E-state index contributed by atoms with van der Waals surface area (Å²) in [5, 5.41) is 12.5. The first kappa shape index (κ1) is 12.2. The molecule has 0 bridgehead atoms. The van der Waals surface area contributed by atoms with Gasteiger partial charge in [-0.2, -0.15) is 23.5 Å². The Labute approximate surface area is 101 Å². The lowest BCUT2D eigenvalue weighted by Gasteiger charge is -2.07. The van der Waals surface area contributed by atoms with Crippen LogP contribution in [0.5, 0.6) is 0 Å². The van der Waals surface area contributed by atoms with E-state index in [1.165, 1.54) is 0 Å². The van der Waals surface area contributed by atoms with E-state index in [0.717, 1.165) is 17.1 Å². The van der Waals surface area contributed by atoms with Gasteiger partial charge in [-0.25, -0.2) is 4.68 Å². The zero-order valence-electron chi connectivity index (χ0n) is 9.36. The Kier molecular flexibility index (Phi) is 2.83. The van der Waals surface area contributed by atoms with Crippen LogP contribution < -0.4 is 0 Å². The van der Waals surface area contributed by atoms with Crippen LogP contribution in [0.1, 0.15) is 16.7 Å². The van der Waals surface area contributed by atoms with E-state index in [1.807, 2.05) is 6.07 Å². The van der Waals surface area contributed by atoms with Crippen molar-refractivity contribution in [3.05, 3.63) is 47.3 Å². The maximum atomic E-state index is 12.5. The molecule has 1 heterocycles. The van der Waals surface area contributed by atoms with Gasteiger partial charge in [0, 0.05) is 6.20 Å². The van der Waals surface area contributed by atoms with Crippen LogP contribution in [-0.2, 0) is 6.18 Å². The van der Waals surface area contributed by atoms with Crippen LogP contribution in [0.4, 0.5) is 13.2 Å². The molecule has 0 saturated carbocycles. The van der Waals surface area contributed by atoms with Crippen molar-refractivity contribution < 1.29 is 13.2 Å². The SMILES string of the molecule is Cc1c(C#N)cccc1-n1cc(C(F)(F)F)cn1. The molecule has 0 amide bonds. The molecule has 1 aromatic carbocycles. The lowest BCUT2D eigenvalue weighted by molar-refractivity contribution is -0.137. The summed E-state index contributed by atoms with van der Waals surface area (Å²) < 4.78 is 38.5. The highest BCUT2D eigenvalue weighted by Crippen LogP contribution is 2.29. The quantitative estimate of drug-likeness (QED) is 0.781. The zero-order valence-corrected chi connectivity index (χ0v) is 9.36. The number of rotatable bonds is 1. The molecular formula is C12H8F3N3. The van der Waals surface area contributed by atoms with E-state index in [4.69, 9.17) is 5.26 Å². The molecule has 0 atom stereocenters. The highest BCUT2D eigenvalue weighted by molar-refractivity contribution is 5.49. The minimum atomic E-state index is -4.42. The molecule has 0 radical (unpaired) electrons. The Morgan fingerprint density at radius 3 is 2.61 bits per heavy atom. The van der Waals surface area contributed by atoms with Crippen LogP contribution in [0.25, 0.3) is 5.69 Å². The Morgan fingerprint density at radius 2 is 2.06 bits per heavy atom. The van der Waals surface area contributed by atoms with Gasteiger partial charge >= 0.3 is 6.18 Å². The van der Waals surface area contributed by atoms with Crippen molar-refractivity contribution in [1.29, 1.82) is 5.26 Å². The van der Waals surface area contributed by atoms with Gasteiger partial charge in [-0.3, -0.25) is 0 Å². The van der Waals surface area contributed by atoms with Crippen LogP contribution >= 0.6 is 0 Å². The minimum absolute atomic E-state index is 0.413. The summed E-state index contributed by atoms with van der Waals surface area (Å²) in [5.41, 5.74) is 0.655. The third-order valence-electron chi connectivity index (χ3n) is 2.58. The zero-order chi connectivity index (χ0) is 13.3. The minimum Gasteiger partial charge on any atom is -0.240 e. The van der Waals surface area contributed by atoms with Gasteiger partial charge in [-0.1, -0.05) is 6.07 Å². The Morgan fingerprint density at radius 1 is 1.33 bits per heavy atom. The van der Waals surface area contributed by atoms with Crippen LogP contribution in [0.3, 0.4) is 0 Å². The molecule has 0 spiro atoms. The summed E-state index contributed by atoms with van der Waals surface area (Å²) >= 11 is 0. The van der Waals surface area contributed by atoms with Gasteiger partial charge in [-0.15, -0.1) is 0 Å². The number of benzene rings is 1. The van der Waals surface area contributed by atoms with E-state index in [2.05, 4.69) is 5.10 Å². The summed E-state index contributed by atoms with van der Waals surface area (Å²) in [6.45, 7) is 1.67. The second-order valence-electron chi connectivity index (χ2n) is 3.73. The van der Waals surface area contributed by atoms with E-state index >= 15 is 0 Å². The van der Waals surface area contributed by atoms with Crippen molar-refractivity contribution in [1.82, 2.24) is 9.78 Å². The highest BCUT2D eigenvalue weighted by atomic mass is 19.4. The van der Waals surface area contributed by atoms with Crippen molar-refractivity contribution in [2.75, 3.05) is 0 Å². The molecule has 0 aliphatic rings. The number of nitriles is 1. The average molecular weight is 251 g/mol. The van der Waals surface area contributed by atoms with Crippen LogP contribution in [0.2, 0.25) is 0 Å². The summed E-state index contributed by atoms with van der Waals surface area (Å²) in [5.74, 6) is 0. The van der Waals surface area contributed by atoms with E-state index in [9.17, 15) is 13.2 Å². The van der Waals surface area contributed by atoms with Crippen LogP contribution in [0.15, 0.2) is 30.6 Å². The smallest absolute Gasteiger partial charge is 0.240 e. The van der Waals surface area contributed by atoms with Crippen molar-refractivity contribution in [2.45, 2.75) is 13.1 Å². The molecule has 0 N–H and O–H groups in total. The summed E-state index contributed by atoms with van der Waals surface area (Å²) in [7, 11) is 0. The third kappa shape index (κ3) is 2.07. The highest BCUT2D eigenvalue weighted by Gasteiger charge is 2.32. The number of hydrogen-bond acceptors (Lipinski definition) is 2. The summed E-state index contributed by atoms with van der Waals surface area (Å²) in [4.78, 5) is 0.